The zero-order valence-electron chi connectivity index (χ0n) is 13.2. The number of anilines is 2. The minimum Gasteiger partial charge on any atom is -0.369 e. The molecule has 2 amide bonds. The molecule has 1 heterocycles. The molecule has 0 radical (unpaired) electrons. The average molecular weight is 424 g/mol. The van der Waals surface area contributed by atoms with E-state index < -0.39 is 11.3 Å². The predicted molar refractivity (Wildman–Crippen MR) is 99.4 cm³/mol. The fraction of sp³-hybridized carbons (Fsp3) is 0.235. The Labute approximate surface area is 158 Å². The molecule has 1 aliphatic carbocycles. The van der Waals surface area contributed by atoms with Crippen LogP contribution in [0.15, 0.2) is 41.0 Å². The Balaban J connectivity index is 1.59. The summed E-state index contributed by atoms with van der Waals surface area (Å²) in [5.41, 5.74) is 6.62. The van der Waals surface area contributed by atoms with Gasteiger partial charge in [0.1, 0.15) is 5.41 Å². The molecular weight excluding hydrogens is 408 g/mol. The number of benzene rings is 1. The van der Waals surface area contributed by atoms with Gasteiger partial charge in [-0.2, -0.15) is 0 Å². The van der Waals surface area contributed by atoms with Gasteiger partial charge < -0.3 is 16.4 Å². The van der Waals surface area contributed by atoms with Gasteiger partial charge in [-0.05, 0) is 59.1 Å². The molecule has 1 fully saturated rings. The molecule has 6 nitrogen and oxygen atoms in total. The van der Waals surface area contributed by atoms with Gasteiger partial charge in [0.05, 0.1) is 29.8 Å². The smallest absolute Gasteiger partial charge is 0.236 e. The maximum atomic E-state index is 12.0. The minimum absolute atomic E-state index is 0.249. The summed E-state index contributed by atoms with van der Waals surface area (Å²) in [4.78, 5) is 27.7. The number of hydrogen-bond acceptors (Lipinski definition) is 4. The van der Waals surface area contributed by atoms with E-state index >= 15 is 0 Å². The Hall–Kier alpha value is -2.12. The van der Waals surface area contributed by atoms with Crippen LogP contribution in [0.3, 0.4) is 0 Å². The summed E-state index contributed by atoms with van der Waals surface area (Å²) < 4.78 is 0.845. The normalized spacial score (nSPS) is 14.6. The molecule has 1 aromatic carbocycles. The summed E-state index contributed by atoms with van der Waals surface area (Å²) in [6, 6.07) is 9.11. The molecule has 0 bridgehead atoms. The molecule has 1 aromatic heterocycles. The van der Waals surface area contributed by atoms with E-state index in [1.807, 2.05) is 12.1 Å². The first-order chi connectivity index (χ1) is 11.9. The van der Waals surface area contributed by atoms with Crippen molar-refractivity contribution in [3.05, 3.63) is 51.7 Å². The summed E-state index contributed by atoms with van der Waals surface area (Å²) >= 11 is 9.37. The molecule has 4 N–H and O–H groups in total. The SMILES string of the molecule is NC(=O)C1(C(=O)NCc2ccc(Nc3ccc(Cl)cc3Br)cn2)CC1. The molecule has 0 spiro atoms. The number of primary amides is 1. The number of hydrogen-bond donors (Lipinski definition) is 3. The molecule has 1 saturated carbocycles. The third-order valence-corrected chi connectivity index (χ3v) is 5.01. The first kappa shape index (κ1) is 17.7. The molecule has 8 heteroatoms. The summed E-state index contributed by atoms with van der Waals surface area (Å²) in [6.45, 7) is 0.249. The topological polar surface area (TPSA) is 97.1 Å². The van der Waals surface area contributed by atoms with Crippen molar-refractivity contribution in [1.82, 2.24) is 10.3 Å². The molecule has 3 rings (SSSR count). The van der Waals surface area contributed by atoms with E-state index in [0.717, 1.165) is 15.8 Å². The largest absolute Gasteiger partial charge is 0.369 e. The highest BCUT2D eigenvalue weighted by Gasteiger charge is 2.55. The van der Waals surface area contributed by atoms with Crippen molar-refractivity contribution < 1.29 is 9.59 Å². The number of rotatable bonds is 6. The number of nitrogens with two attached hydrogens (primary N) is 1. The van der Waals surface area contributed by atoms with Gasteiger partial charge in [-0.1, -0.05) is 11.6 Å². The van der Waals surface area contributed by atoms with Crippen LogP contribution in [0.25, 0.3) is 0 Å². The number of carbonyl (C=O) groups excluding carboxylic acids is 2. The van der Waals surface area contributed by atoms with Crippen molar-refractivity contribution in [2.75, 3.05) is 5.32 Å². The molecule has 0 unspecified atom stereocenters. The highest BCUT2D eigenvalue weighted by molar-refractivity contribution is 9.10. The third kappa shape index (κ3) is 3.93. The number of nitrogens with one attached hydrogen (secondary N) is 2. The monoisotopic (exact) mass is 422 g/mol. The lowest BCUT2D eigenvalue weighted by molar-refractivity contribution is -0.135. The van der Waals surface area contributed by atoms with E-state index in [1.165, 1.54) is 0 Å². The lowest BCUT2D eigenvalue weighted by Crippen LogP contribution is -2.40. The van der Waals surface area contributed by atoms with Crippen molar-refractivity contribution in [1.29, 1.82) is 0 Å². The Bertz CT molecular complexity index is 822. The van der Waals surface area contributed by atoms with Crippen LogP contribution in [0, 0.1) is 5.41 Å². The zero-order valence-corrected chi connectivity index (χ0v) is 15.5. The maximum Gasteiger partial charge on any atom is 0.236 e. The second-order valence-corrected chi connectivity index (χ2v) is 7.21. The minimum atomic E-state index is -1.01. The average Bonchev–Trinajstić information content (AvgIpc) is 3.38. The Morgan fingerprint density at radius 1 is 1.28 bits per heavy atom. The zero-order chi connectivity index (χ0) is 18.0. The van der Waals surface area contributed by atoms with Gasteiger partial charge >= 0.3 is 0 Å². The number of amides is 2. The number of carbonyl (C=O) groups is 2. The van der Waals surface area contributed by atoms with Crippen LogP contribution in [0.2, 0.25) is 5.02 Å². The highest BCUT2D eigenvalue weighted by atomic mass is 79.9. The van der Waals surface area contributed by atoms with Gasteiger partial charge in [-0.15, -0.1) is 0 Å². The fourth-order valence-electron chi connectivity index (χ4n) is 2.40. The van der Waals surface area contributed by atoms with Crippen molar-refractivity contribution in [2.45, 2.75) is 19.4 Å². The van der Waals surface area contributed by atoms with Crippen LogP contribution in [-0.4, -0.2) is 16.8 Å². The van der Waals surface area contributed by atoms with Gasteiger partial charge in [-0.25, -0.2) is 0 Å². The van der Waals surface area contributed by atoms with E-state index in [1.54, 1.807) is 24.4 Å². The summed E-state index contributed by atoms with van der Waals surface area (Å²) in [5, 5.41) is 6.59. The summed E-state index contributed by atoms with van der Waals surface area (Å²) in [6.07, 6.45) is 2.70. The van der Waals surface area contributed by atoms with E-state index in [-0.39, 0.29) is 12.5 Å². The van der Waals surface area contributed by atoms with Gasteiger partial charge in [-0.3, -0.25) is 14.6 Å². The van der Waals surface area contributed by atoms with Crippen LogP contribution in [0.1, 0.15) is 18.5 Å². The molecule has 130 valence electrons. The number of pyridine rings is 1. The molecule has 25 heavy (non-hydrogen) atoms. The number of nitrogens with zero attached hydrogens (tertiary/aromatic N) is 1. The summed E-state index contributed by atoms with van der Waals surface area (Å²) in [7, 11) is 0. The van der Waals surface area contributed by atoms with Gasteiger partial charge in [0.25, 0.3) is 0 Å². The molecule has 0 saturated heterocycles. The predicted octanol–water partition coefficient (Wildman–Crippen LogP) is 3.12. The van der Waals surface area contributed by atoms with Crippen molar-refractivity contribution in [3.63, 3.8) is 0 Å². The highest BCUT2D eigenvalue weighted by Crippen LogP contribution is 2.45. The second-order valence-electron chi connectivity index (χ2n) is 5.92. The van der Waals surface area contributed by atoms with Crippen LogP contribution < -0.4 is 16.4 Å². The Morgan fingerprint density at radius 3 is 2.60 bits per heavy atom. The molecule has 1 aliphatic rings. The molecule has 0 atom stereocenters. The van der Waals surface area contributed by atoms with E-state index in [2.05, 4.69) is 31.5 Å². The first-order valence-electron chi connectivity index (χ1n) is 7.66. The molecule has 2 aromatic rings. The standard InChI is InChI=1S/C17H16BrClN4O2/c18-13-7-10(19)1-4-14(13)23-12-3-2-11(21-9-12)8-22-16(25)17(5-6-17)15(20)24/h1-4,7,9,23H,5-6,8H2,(H2,20,24)(H,22,25). The van der Waals surface area contributed by atoms with Crippen molar-refractivity contribution in [2.24, 2.45) is 11.1 Å². The molecule has 0 aliphatic heterocycles. The van der Waals surface area contributed by atoms with Gasteiger partial charge in [0.2, 0.25) is 11.8 Å². The molecular formula is C17H16BrClN4O2. The Kier molecular flexibility index (Phi) is 4.96. The maximum absolute atomic E-state index is 12.0. The first-order valence-corrected chi connectivity index (χ1v) is 8.83. The van der Waals surface area contributed by atoms with Crippen molar-refractivity contribution >= 4 is 50.7 Å². The number of halogens is 2. The van der Waals surface area contributed by atoms with E-state index in [4.69, 9.17) is 17.3 Å². The fourth-order valence-corrected chi connectivity index (χ4v) is 3.18. The third-order valence-electron chi connectivity index (χ3n) is 4.12. The number of aromatic nitrogens is 1. The van der Waals surface area contributed by atoms with Crippen LogP contribution in [-0.2, 0) is 16.1 Å². The second kappa shape index (κ2) is 7.01. The quantitative estimate of drug-likeness (QED) is 0.622. The van der Waals surface area contributed by atoms with Gasteiger partial charge in [0.15, 0.2) is 0 Å². The van der Waals surface area contributed by atoms with Gasteiger partial charge in [0, 0.05) is 9.50 Å². The van der Waals surface area contributed by atoms with Crippen LogP contribution >= 0.6 is 27.5 Å². The van der Waals surface area contributed by atoms with E-state index in [0.29, 0.717) is 23.6 Å². The lowest BCUT2D eigenvalue weighted by Gasteiger charge is -2.12. The Morgan fingerprint density at radius 2 is 2.04 bits per heavy atom. The lowest BCUT2D eigenvalue weighted by atomic mass is 10.1. The van der Waals surface area contributed by atoms with Crippen molar-refractivity contribution in [3.8, 4) is 0 Å². The van der Waals surface area contributed by atoms with E-state index in [9.17, 15) is 9.59 Å². The summed E-state index contributed by atoms with van der Waals surface area (Å²) in [5.74, 6) is -0.889. The van der Waals surface area contributed by atoms with Crippen LogP contribution in [0.4, 0.5) is 11.4 Å². The van der Waals surface area contributed by atoms with Crippen LogP contribution in [0.5, 0.6) is 0 Å².